The fourth-order valence-electron chi connectivity index (χ4n) is 4.15. The van der Waals surface area contributed by atoms with E-state index < -0.39 is 12.2 Å². The molecule has 1 aliphatic rings. The van der Waals surface area contributed by atoms with E-state index >= 15 is 0 Å². The predicted octanol–water partition coefficient (Wildman–Crippen LogP) is 5.29. The molecule has 30 heavy (non-hydrogen) atoms. The molecular weight excluding hydrogens is 380 g/mol. The van der Waals surface area contributed by atoms with Gasteiger partial charge in [0, 0.05) is 12.6 Å². The van der Waals surface area contributed by atoms with Gasteiger partial charge in [-0.15, -0.1) is 0 Å². The third-order valence-electron chi connectivity index (χ3n) is 4.93. The van der Waals surface area contributed by atoms with Crippen molar-refractivity contribution in [2.24, 2.45) is 10.8 Å². The van der Waals surface area contributed by atoms with Crippen LogP contribution in [0.2, 0.25) is 0 Å². The minimum Gasteiger partial charge on any atom is -0.445 e. The molecule has 168 valence electrons. The van der Waals surface area contributed by atoms with E-state index in [9.17, 15) is 9.59 Å². The number of amides is 2. The SMILES string of the molecule is C/C=C/C=C/COC(=O)NCC1(C)CC(NC(=O)OC/C=C/C=C/C)CC(C)(C)C1. The van der Waals surface area contributed by atoms with Crippen LogP contribution in [-0.2, 0) is 9.47 Å². The van der Waals surface area contributed by atoms with E-state index in [-0.39, 0.29) is 30.1 Å². The maximum absolute atomic E-state index is 12.1. The van der Waals surface area contributed by atoms with E-state index in [4.69, 9.17) is 9.47 Å². The van der Waals surface area contributed by atoms with Crippen LogP contribution in [-0.4, -0.2) is 38.0 Å². The van der Waals surface area contributed by atoms with Crippen molar-refractivity contribution in [2.45, 2.75) is 59.9 Å². The lowest BCUT2D eigenvalue weighted by Gasteiger charge is -2.46. The molecule has 1 aliphatic carbocycles. The minimum absolute atomic E-state index is 0.00708. The Morgan fingerprint density at radius 1 is 0.900 bits per heavy atom. The van der Waals surface area contributed by atoms with Gasteiger partial charge < -0.3 is 20.1 Å². The summed E-state index contributed by atoms with van der Waals surface area (Å²) >= 11 is 0. The van der Waals surface area contributed by atoms with Gasteiger partial charge in [0.2, 0.25) is 0 Å². The summed E-state index contributed by atoms with van der Waals surface area (Å²) in [6.45, 7) is 11.3. The average molecular weight is 419 g/mol. The van der Waals surface area contributed by atoms with Crippen LogP contribution in [0, 0.1) is 10.8 Å². The Morgan fingerprint density at radius 2 is 1.47 bits per heavy atom. The van der Waals surface area contributed by atoms with Crippen LogP contribution in [0.3, 0.4) is 0 Å². The van der Waals surface area contributed by atoms with E-state index in [1.165, 1.54) is 0 Å². The highest BCUT2D eigenvalue weighted by atomic mass is 16.6. The monoisotopic (exact) mass is 418 g/mol. The maximum atomic E-state index is 12.1. The van der Waals surface area contributed by atoms with Crippen LogP contribution in [0.4, 0.5) is 9.59 Å². The zero-order valence-corrected chi connectivity index (χ0v) is 19.1. The number of hydrogen-bond donors (Lipinski definition) is 2. The smallest absolute Gasteiger partial charge is 0.407 e. The molecule has 0 heterocycles. The number of hydrogen-bond acceptors (Lipinski definition) is 4. The first-order chi connectivity index (χ1) is 14.2. The lowest BCUT2D eigenvalue weighted by atomic mass is 9.62. The topological polar surface area (TPSA) is 76.7 Å². The number of ether oxygens (including phenoxy) is 2. The largest absolute Gasteiger partial charge is 0.445 e. The van der Waals surface area contributed by atoms with Gasteiger partial charge in [-0.05, 0) is 56.1 Å². The summed E-state index contributed by atoms with van der Waals surface area (Å²) in [5.41, 5.74) is -0.108. The Morgan fingerprint density at radius 3 is 2.03 bits per heavy atom. The number of nitrogens with one attached hydrogen (secondary N) is 2. The summed E-state index contributed by atoms with van der Waals surface area (Å²) in [5, 5.41) is 5.87. The van der Waals surface area contributed by atoms with Crippen molar-refractivity contribution in [3.8, 4) is 0 Å². The van der Waals surface area contributed by atoms with E-state index in [1.54, 1.807) is 12.2 Å². The van der Waals surface area contributed by atoms with Crippen LogP contribution in [0.15, 0.2) is 48.6 Å². The predicted molar refractivity (Wildman–Crippen MR) is 121 cm³/mol. The number of alkyl carbamates (subject to hydrolysis) is 2. The Balaban J connectivity index is 2.52. The van der Waals surface area contributed by atoms with E-state index in [2.05, 4.69) is 31.4 Å². The van der Waals surface area contributed by atoms with Gasteiger partial charge in [0.1, 0.15) is 13.2 Å². The molecule has 0 spiro atoms. The highest BCUT2D eigenvalue weighted by Crippen LogP contribution is 2.45. The van der Waals surface area contributed by atoms with Crippen molar-refractivity contribution in [1.29, 1.82) is 0 Å². The Labute approximate surface area is 181 Å². The number of carbonyl (C=O) groups is 2. The molecule has 6 nitrogen and oxygen atoms in total. The second-order valence-corrected chi connectivity index (χ2v) is 8.86. The standard InChI is InChI=1S/C24H38N2O4/c1-6-8-10-12-14-29-21(27)25-19-24(5)17-20(16-23(3,4)18-24)26-22(28)30-15-13-11-9-7-2/h6-13,20H,14-19H2,1-5H3,(H,25,27)(H,26,28)/b8-6+,9-7+,12-10+,13-11+. The van der Waals surface area contributed by atoms with E-state index in [1.807, 2.05) is 50.3 Å². The van der Waals surface area contributed by atoms with Crippen molar-refractivity contribution < 1.29 is 19.1 Å². The summed E-state index contributed by atoms with van der Waals surface area (Å²) < 4.78 is 10.4. The summed E-state index contributed by atoms with van der Waals surface area (Å²) in [4.78, 5) is 24.1. The van der Waals surface area contributed by atoms with Crippen LogP contribution >= 0.6 is 0 Å². The third-order valence-corrected chi connectivity index (χ3v) is 4.93. The molecule has 1 fully saturated rings. The molecule has 6 heteroatoms. The highest BCUT2D eigenvalue weighted by molar-refractivity contribution is 5.68. The van der Waals surface area contributed by atoms with Gasteiger partial charge in [-0.3, -0.25) is 0 Å². The molecule has 2 atom stereocenters. The van der Waals surface area contributed by atoms with Crippen LogP contribution in [0.25, 0.3) is 0 Å². The van der Waals surface area contributed by atoms with Crippen molar-refractivity contribution in [1.82, 2.24) is 10.6 Å². The molecule has 0 aromatic rings. The van der Waals surface area contributed by atoms with Gasteiger partial charge in [-0.2, -0.15) is 0 Å². The molecule has 1 saturated carbocycles. The lowest BCUT2D eigenvalue weighted by Crippen LogP contribution is -2.50. The second kappa shape index (κ2) is 12.9. The Hall–Kier alpha value is -2.50. The van der Waals surface area contributed by atoms with Gasteiger partial charge in [0.25, 0.3) is 0 Å². The first-order valence-electron chi connectivity index (χ1n) is 10.6. The first-order valence-corrected chi connectivity index (χ1v) is 10.6. The number of allylic oxidation sites excluding steroid dienone is 6. The molecule has 0 bridgehead atoms. The Bertz CT molecular complexity index is 664. The Kier molecular flexibility index (Phi) is 11.0. The van der Waals surface area contributed by atoms with Gasteiger partial charge in [0.05, 0.1) is 0 Å². The molecule has 2 N–H and O–H groups in total. The lowest BCUT2D eigenvalue weighted by molar-refractivity contribution is 0.0643. The van der Waals surface area contributed by atoms with Crippen molar-refractivity contribution in [2.75, 3.05) is 19.8 Å². The summed E-state index contributed by atoms with van der Waals surface area (Å²) in [7, 11) is 0. The van der Waals surface area contributed by atoms with Gasteiger partial charge in [-0.25, -0.2) is 9.59 Å². The molecule has 1 rings (SSSR count). The summed E-state index contributed by atoms with van der Waals surface area (Å²) in [6, 6.07) is -0.00708. The average Bonchev–Trinajstić information content (AvgIpc) is 2.64. The van der Waals surface area contributed by atoms with Crippen molar-refractivity contribution in [3.63, 3.8) is 0 Å². The molecule has 0 aromatic heterocycles. The minimum atomic E-state index is -0.429. The molecular formula is C24H38N2O4. The summed E-state index contributed by atoms with van der Waals surface area (Å²) in [5.74, 6) is 0. The van der Waals surface area contributed by atoms with Crippen LogP contribution in [0.1, 0.15) is 53.9 Å². The zero-order chi connectivity index (χ0) is 22.5. The highest BCUT2D eigenvalue weighted by Gasteiger charge is 2.42. The van der Waals surface area contributed by atoms with Crippen molar-refractivity contribution >= 4 is 12.2 Å². The van der Waals surface area contributed by atoms with Gasteiger partial charge >= 0.3 is 12.2 Å². The molecule has 2 amide bonds. The summed E-state index contributed by atoms with van der Waals surface area (Å²) in [6.07, 6.45) is 16.6. The van der Waals surface area contributed by atoms with Crippen LogP contribution < -0.4 is 10.6 Å². The maximum Gasteiger partial charge on any atom is 0.407 e. The molecule has 2 unspecified atom stereocenters. The number of carbonyl (C=O) groups excluding carboxylic acids is 2. The molecule has 0 saturated heterocycles. The zero-order valence-electron chi connectivity index (χ0n) is 19.1. The van der Waals surface area contributed by atoms with Gasteiger partial charge in [0.15, 0.2) is 0 Å². The van der Waals surface area contributed by atoms with E-state index in [0.717, 1.165) is 19.3 Å². The fraction of sp³-hybridized carbons (Fsp3) is 0.583. The van der Waals surface area contributed by atoms with Gasteiger partial charge in [-0.1, -0.05) is 57.2 Å². The molecule has 0 radical (unpaired) electrons. The molecule has 0 aromatic carbocycles. The molecule has 0 aliphatic heterocycles. The second-order valence-electron chi connectivity index (χ2n) is 8.86. The van der Waals surface area contributed by atoms with E-state index in [0.29, 0.717) is 6.54 Å². The third kappa shape index (κ3) is 10.9. The van der Waals surface area contributed by atoms with Crippen molar-refractivity contribution in [3.05, 3.63) is 48.6 Å². The quantitative estimate of drug-likeness (QED) is 0.499. The fourth-order valence-corrected chi connectivity index (χ4v) is 4.15. The van der Waals surface area contributed by atoms with Crippen LogP contribution in [0.5, 0.6) is 0 Å². The number of rotatable bonds is 9. The normalized spacial score (nSPS) is 24.0. The first kappa shape index (κ1) is 25.5.